The summed E-state index contributed by atoms with van der Waals surface area (Å²) in [5.74, 6) is 0.638. The van der Waals surface area contributed by atoms with E-state index in [0.717, 1.165) is 6.42 Å². The highest BCUT2D eigenvalue weighted by Crippen LogP contribution is 2.29. The van der Waals surface area contributed by atoms with Gasteiger partial charge >= 0.3 is 0 Å². The summed E-state index contributed by atoms with van der Waals surface area (Å²) in [5, 5.41) is 10.0. The van der Waals surface area contributed by atoms with E-state index in [1.54, 1.807) is 0 Å². The first-order valence-electron chi connectivity index (χ1n) is 8.52. The molecule has 1 rings (SSSR count). The van der Waals surface area contributed by atoms with Gasteiger partial charge in [0.1, 0.15) is 0 Å². The topological polar surface area (TPSA) is 20.2 Å². The monoisotopic (exact) mass is 254 g/mol. The summed E-state index contributed by atoms with van der Waals surface area (Å²) in [5.41, 5.74) is 0. The molecule has 0 aromatic carbocycles. The van der Waals surface area contributed by atoms with Gasteiger partial charge in [-0.1, -0.05) is 77.6 Å². The predicted octanol–water partition coefficient (Wildman–Crippen LogP) is 5.46. The largest absolute Gasteiger partial charge is 0.393 e. The minimum Gasteiger partial charge on any atom is -0.393 e. The zero-order chi connectivity index (χ0) is 13.1. The number of aliphatic hydroxyl groups is 1. The Morgan fingerprint density at radius 2 is 1.33 bits per heavy atom. The molecular formula is C17H34O. The van der Waals surface area contributed by atoms with E-state index in [9.17, 15) is 5.11 Å². The van der Waals surface area contributed by atoms with Gasteiger partial charge in [-0.25, -0.2) is 0 Å². The molecule has 1 N–H and O–H groups in total. The molecule has 0 aliphatic heterocycles. The molecule has 1 fully saturated rings. The van der Waals surface area contributed by atoms with E-state index in [-0.39, 0.29) is 6.10 Å². The van der Waals surface area contributed by atoms with Gasteiger partial charge in [-0.2, -0.15) is 0 Å². The Morgan fingerprint density at radius 1 is 0.833 bits per heavy atom. The molecule has 1 heteroatoms. The van der Waals surface area contributed by atoms with E-state index in [1.165, 1.54) is 83.5 Å². The highest BCUT2D eigenvalue weighted by atomic mass is 16.3. The van der Waals surface area contributed by atoms with Crippen LogP contribution in [-0.2, 0) is 0 Å². The van der Waals surface area contributed by atoms with Crippen molar-refractivity contribution in [2.75, 3.05) is 0 Å². The Morgan fingerprint density at radius 3 is 1.89 bits per heavy atom. The van der Waals surface area contributed by atoms with Crippen molar-refractivity contribution in [3.63, 3.8) is 0 Å². The molecule has 1 aliphatic carbocycles. The van der Waals surface area contributed by atoms with Crippen molar-refractivity contribution in [3.05, 3.63) is 0 Å². The first-order valence-corrected chi connectivity index (χ1v) is 8.52. The van der Waals surface area contributed by atoms with Gasteiger partial charge in [0.25, 0.3) is 0 Å². The second-order valence-corrected chi connectivity index (χ2v) is 6.23. The van der Waals surface area contributed by atoms with E-state index < -0.39 is 0 Å². The van der Waals surface area contributed by atoms with E-state index in [2.05, 4.69) is 6.92 Å². The Kier molecular flexibility index (Phi) is 9.65. The van der Waals surface area contributed by atoms with Gasteiger partial charge in [0.15, 0.2) is 0 Å². The molecule has 0 heterocycles. The molecule has 0 amide bonds. The average Bonchev–Trinajstić information content (AvgIpc) is 2.90. The molecule has 0 spiro atoms. The van der Waals surface area contributed by atoms with Crippen molar-refractivity contribution in [2.45, 2.75) is 103 Å². The molecule has 1 atom stereocenters. The Hall–Kier alpha value is -0.0400. The summed E-state index contributed by atoms with van der Waals surface area (Å²) in [7, 11) is 0. The van der Waals surface area contributed by atoms with Crippen LogP contribution in [0.15, 0.2) is 0 Å². The molecule has 18 heavy (non-hydrogen) atoms. The van der Waals surface area contributed by atoms with Gasteiger partial charge in [-0.05, 0) is 25.2 Å². The molecule has 0 radical (unpaired) electrons. The molecular weight excluding hydrogens is 220 g/mol. The lowest BCUT2D eigenvalue weighted by Gasteiger charge is -2.17. The Bertz CT molecular complexity index is 172. The van der Waals surface area contributed by atoms with E-state index >= 15 is 0 Å². The highest BCUT2D eigenvalue weighted by molar-refractivity contribution is 4.74. The van der Waals surface area contributed by atoms with Crippen LogP contribution in [0.5, 0.6) is 0 Å². The Balaban J connectivity index is 1.80. The van der Waals surface area contributed by atoms with Gasteiger partial charge in [0.2, 0.25) is 0 Å². The zero-order valence-corrected chi connectivity index (χ0v) is 12.5. The standard InChI is InChI=1S/C17H34O/c1-2-3-4-5-6-7-8-9-10-15-17(18)16-13-11-12-14-16/h16-18H,2-15H2,1H3. The maximum absolute atomic E-state index is 10.0. The van der Waals surface area contributed by atoms with Crippen LogP contribution in [0.2, 0.25) is 0 Å². The third kappa shape index (κ3) is 7.41. The van der Waals surface area contributed by atoms with Crippen LogP contribution in [-0.4, -0.2) is 11.2 Å². The van der Waals surface area contributed by atoms with Crippen LogP contribution in [0.25, 0.3) is 0 Å². The summed E-state index contributed by atoms with van der Waals surface area (Å²) in [6.45, 7) is 2.27. The molecule has 1 nitrogen and oxygen atoms in total. The maximum Gasteiger partial charge on any atom is 0.0568 e. The fraction of sp³-hybridized carbons (Fsp3) is 1.00. The zero-order valence-electron chi connectivity index (χ0n) is 12.5. The van der Waals surface area contributed by atoms with Crippen molar-refractivity contribution in [1.82, 2.24) is 0 Å². The molecule has 0 bridgehead atoms. The Labute approximate surface area is 114 Å². The summed E-state index contributed by atoms with van der Waals surface area (Å²) in [6.07, 6.45) is 18.7. The second kappa shape index (κ2) is 10.8. The molecule has 1 unspecified atom stereocenters. The van der Waals surface area contributed by atoms with Crippen molar-refractivity contribution in [2.24, 2.45) is 5.92 Å². The number of hydrogen-bond acceptors (Lipinski definition) is 1. The molecule has 1 aliphatic rings. The van der Waals surface area contributed by atoms with Gasteiger partial charge in [-0.3, -0.25) is 0 Å². The van der Waals surface area contributed by atoms with Crippen LogP contribution < -0.4 is 0 Å². The SMILES string of the molecule is CCCCCCCCCCCC(O)C1CCCC1. The van der Waals surface area contributed by atoms with Crippen LogP contribution in [0.4, 0.5) is 0 Å². The highest BCUT2D eigenvalue weighted by Gasteiger charge is 2.22. The minimum atomic E-state index is 0.0112. The predicted molar refractivity (Wildman–Crippen MR) is 79.8 cm³/mol. The minimum absolute atomic E-state index is 0.0112. The number of rotatable bonds is 11. The number of aliphatic hydroxyl groups excluding tert-OH is 1. The van der Waals surface area contributed by atoms with Crippen molar-refractivity contribution in [3.8, 4) is 0 Å². The lowest BCUT2D eigenvalue weighted by atomic mass is 9.95. The van der Waals surface area contributed by atoms with Gasteiger partial charge in [-0.15, -0.1) is 0 Å². The van der Waals surface area contributed by atoms with Crippen molar-refractivity contribution < 1.29 is 5.11 Å². The molecule has 0 aromatic rings. The summed E-state index contributed by atoms with van der Waals surface area (Å²) in [4.78, 5) is 0. The first kappa shape index (κ1) is 16.0. The normalized spacial score (nSPS) is 18.3. The summed E-state index contributed by atoms with van der Waals surface area (Å²) < 4.78 is 0. The van der Waals surface area contributed by atoms with Gasteiger partial charge in [0, 0.05) is 0 Å². The van der Waals surface area contributed by atoms with E-state index in [4.69, 9.17) is 0 Å². The van der Waals surface area contributed by atoms with Gasteiger partial charge in [0.05, 0.1) is 6.10 Å². The van der Waals surface area contributed by atoms with Crippen molar-refractivity contribution in [1.29, 1.82) is 0 Å². The number of unbranched alkanes of at least 4 members (excludes halogenated alkanes) is 8. The third-order valence-corrected chi connectivity index (χ3v) is 4.55. The van der Waals surface area contributed by atoms with Crippen LogP contribution in [0.3, 0.4) is 0 Å². The lowest BCUT2D eigenvalue weighted by molar-refractivity contribution is 0.0989. The van der Waals surface area contributed by atoms with Crippen LogP contribution >= 0.6 is 0 Å². The third-order valence-electron chi connectivity index (χ3n) is 4.55. The fourth-order valence-electron chi connectivity index (χ4n) is 3.24. The van der Waals surface area contributed by atoms with Crippen LogP contribution in [0.1, 0.15) is 96.8 Å². The van der Waals surface area contributed by atoms with E-state index in [1.807, 2.05) is 0 Å². The van der Waals surface area contributed by atoms with Crippen molar-refractivity contribution >= 4 is 0 Å². The quantitative estimate of drug-likeness (QED) is 0.485. The smallest absolute Gasteiger partial charge is 0.0568 e. The van der Waals surface area contributed by atoms with E-state index in [0.29, 0.717) is 5.92 Å². The molecule has 108 valence electrons. The van der Waals surface area contributed by atoms with Gasteiger partial charge < -0.3 is 5.11 Å². The summed E-state index contributed by atoms with van der Waals surface area (Å²) in [6, 6.07) is 0. The fourth-order valence-corrected chi connectivity index (χ4v) is 3.24. The molecule has 1 saturated carbocycles. The lowest BCUT2D eigenvalue weighted by Crippen LogP contribution is -2.17. The molecule has 0 saturated heterocycles. The average molecular weight is 254 g/mol. The number of hydrogen-bond donors (Lipinski definition) is 1. The molecule has 0 aromatic heterocycles. The maximum atomic E-state index is 10.0. The summed E-state index contributed by atoms with van der Waals surface area (Å²) >= 11 is 0. The van der Waals surface area contributed by atoms with Crippen LogP contribution in [0, 0.1) is 5.92 Å². The second-order valence-electron chi connectivity index (χ2n) is 6.23. The first-order chi connectivity index (χ1) is 8.84.